The topological polar surface area (TPSA) is 25.8 Å². The van der Waals surface area contributed by atoms with Crippen LogP contribution < -0.4 is 0 Å². The Labute approximate surface area is 94.3 Å². The maximum Gasteiger partial charge on any atom is 0.0791 e. The molecule has 0 aliphatic heterocycles. The van der Waals surface area contributed by atoms with Gasteiger partial charge in [0.1, 0.15) is 0 Å². The number of hydrogen-bond acceptors (Lipinski definition) is 3. The molecule has 0 radical (unpaired) electrons. The molecule has 4 bridgehead atoms. The lowest BCUT2D eigenvalue weighted by molar-refractivity contribution is -0.00415. The van der Waals surface area contributed by atoms with E-state index < -0.39 is 0 Å². The third-order valence-electron chi connectivity index (χ3n) is 4.95. The first kappa shape index (κ1) is 8.68. The van der Waals surface area contributed by atoms with Gasteiger partial charge in [0.15, 0.2) is 0 Å². The molecule has 0 amide bonds. The smallest absolute Gasteiger partial charge is 0.0791 e. The maximum atomic E-state index is 4.33. The number of rotatable bonds is 1. The van der Waals surface area contributed by atoms with Gasteiger partial charge >= 0.3 is 0 Å². The second-order valence-corrected chi connectivity index (χ2v) is 6.40. The molecule has 0 atom stereocenters. The lowest BCUT2D eigenvalue weighted by Crippen LogP contribution is -2.43. The predicted octanol–water partition coefficient (Wildman–Crippen LogP) is 3.08. The second-order valence-electron chi connectivity index (χ2n) is 5.79. The Morgan fingerprint density at radius 1 is 1.00 bits per heavy atom. The largest absolute Gasteiger partial charge is 0.143 e. The zero-order valence-corrected chi connectivity index (χ0v) is 9.62. The second kappa shape index (κ2) is 3.03. The molecular formula is C12H16N2S. The third kappa shape index (κ3) is 1.22. The monoisotopic (exact) mass is 220 g/mol. The van der Waals surface area contributed by atoms with Gasteiger partial charge < -0.3 is 0 Å². The van der Waals surface area contributed by atoms with Gasteiger partial charge in [-0.25, -0.2) is 0 Å². The van der Waals surface area contributed by atoms with Gasteiger partial charge in [-0.05, 0) is 67.3 Å². The standard InChI is InChI=1S/C12H16N2S/c1-7-2-9-4-8(1)5-10(3-7)12(9)11-6-15-14-13-11/h6-10,12H,1-5H2. The molecule has 1 aromatic rings. The van der Waals surface area contributed by atoms with Crippen molar-refractivity contribution in [2.24, 2.45) is 23.7 Å². The highest BCUT2D eigenvalue weighted by atomic mass is 32.1. The van der Waals surface area contributed by atoms with E-state index in [0.29, 0.717) is 0 Å². The van der Waals surface area contributed by atoms with E-state index in [4.69, 9.17) is 0 Å². The van der Waals surface area contributed by atoms with Crippen molar-refractivity contribution >= 4 is 11.5 Å². The number of nitrogens with zero attached hydrogens (tertiary/aromatic N) is 2. The van der Waals surface area contributed by atoms with Crippen molar-refractivity contribution in [2.75, 3.05) is 0 Å². The third-order valence-corrected chi connectivity index (χ3v) is 5.47. The molecule has 0 unspecified atom stereocenters. The summed E-state index contributed by atoms with van der Waals surface area (Å²) in [5, 5.41) is 6.52. The molecule has 0 saturated heterocycles. The van der Waals surface area contributed by atoms with Gasteiger partial charge in [0, 0.05) is 11.3 Å². The Balaban J connectivity index is 1.71. The summed E-state index contributed by atoms with van der Waals surface area (Å²) in [4.78, 5) is 0. The van der Waals surface area contributed by atoms with Crippen molar-refractivity contribution in [1.82, 2.24) is 9.59 Å². The van der Waals surface area contributed by atoms with Crippen molar-refractivity contribution in [3.8, 4) is 0 Å². The van der Waals surface area contributed by atoms with Gasteiger partial charge in [-0.3, -0.25) is 0 Å². The van der Waals surface area contributed by atoms with Crippen molar-refractivity contribution in [1.29, 1.82) is 0 Å². The van der Waals surface area contributed by atoms with Crippen LogP contribution in [-0.4, -0.2) is 9.59 Å². The summed E-state index contributed by atoms with van der Waals surface area (Å²) in [5.41, 5.74) is 1.31. The van der Waals surface area contributed by atoms with Crippen LogP contribution in [0.3, 0.4) is 0 Å². The van der Waals surface area contributed by atoms with Crippen LogP contribution in [0.1, 0.15) is 43.7 Å². The highest BCUT2D eigenvalue weighted by Crippen LogP contribution is 2.59. The Hall–Kier alpha value is -0.440. The molecule has 15 heavy (non-hydrogen) atoms. The first-order chi connectivity index (χ1) is 7.40. The minimum atomic E-state index is 0.775. The van der Waals surface area contributed by atoms with E-state index in [1.807, 2.05) is 0 Å². The average Bonchev–Trinajstić information content (AvgIpc) is 2.69. The molecular weight excluding hydrogens is 204 g/mol. The summed E-state index contributed by atoms with van der Waals surface area (Å²) >= 11 is 1.52. The van der Waals surface area contributed by atoms with Crippen molar-refractivity contribution in [3.05, 3.63) is 11.1 Å². The number of aromatic nitrogens is 2. The number of hydrogen-bond donors (Lipinski definition) is 0. The van der Waals surface area contributed by atoms with Gasteiger partial charge in [0.2, 0.25) is 0 Å². The molecule has 4 fully saturated rings. The van der Waals surface area contributed by atoms with E-state index in [2.05, 4.69) is 15.0 Å². The molecule has 3 heteroatoms. The van der Waals surface area contributed by atoms with Crippen LogP contribution in [0, 0.1) is 23.7 Å². The fourth-order valence-corrected chi connectivity index (χ4v) is 5.23. The molecule has 0 N–H and O–H groups in total. The Morgan fingerprint density at radius 2 is 1.67 bits per heavy atom. The Bertz CT molecular complexity index is 332. The van der Waals surface area contributed by atoms with Gasteiger partial charge in [0.25, 0.3) is 0 Å². The average molecular weight is 220 g/mol. The highest BCUT2D eigenvalue weighted by Gasteiger charge is 2.49. The van der Waals surface area contributed by atoms with Crippen LogP contribution in [0.5, 0.6) is 0 Å². The Morgan fingerprint density at radius 3 is 2.20 bits per heavy atom. The predicted molar refractivity (Wildman–Crippen MR) is 59.7 cm³/mol. The molecule has 4 aliphatic carbocycles. The summed E-state index contributed by atoms with van der Waals surface area (Å²) in [6.07, 6.45) is 7.46. The molecule has 2 nitrogen and oxygen atoms in total. The molecule has 80 valence electrons. The zero-order chi connectivity index (χ0) is 9.83. The Kier molecular flexibility index (Phi) is 1.76. The first-order valence-electron chi connectivity index (χ1n) is 6.17. The van der Waals surface area contributed by atoms with Crippen LogP contribution >= 0.6 is 11.5 Å². The molecule has 0 spiro atoms. The lowest BCUT2D eigenvalue weighted by Gasteiger charge is -2.53. The summed E-state index contributed by atoms with van der Waals surface area (Å²) in [6.45, 7) is 0. The van der Waals surface area contributed by atoms with Crippen LogP contribution in [0.25, 0.3) is 0 Å². The van der Waals surface area contributed by atoms with E-state index in [-0.39, 0.29) is 0 Å². The van der Waals surface area contributed by atoms with E-state index in [1.165, 1.54) is 49.3 Å². The first-order valence-corrected chi connectivity index (χ1v) is 7.00. The summed E-state index contributed by atoms with van der Waals surface area (Å²) < 4.78 is 4.05. The molecule has 5 rings (SSSR count). The molecule has 4 saturated carbocycles. The van der Waals surface area contributed by atoms with Gasteiger partial charge in [-0.15, -0.1) is 5.10 Å². The minimum Gasteiger partial charge on any atom is -0.143 e. The molecule has 0 aromatic carbocycles. The highest BCUT2D eigenvalue weighted by molar-refractivity contribution is 7.03. The SMILES string of the molecule is c1snnc1C1C2CC3CC(C2)CC1C3. The van der Waals surface area contributed by atoms with E-state index >= 15 is 0 Å². The van der Waals surface area contributed by atoms with E-state index in [9.17, 15) is 0 Å². The van der Waals surface area contributed by atoms with Crippen LogP contribution in [-0.2, 0) is 0 Å². The van der Waals surface area contributed by atoms with E-state index in [1.54, 1.807) is 0 Å². The van der Waals surface area contributed by atoms with Crippen LogP contribution in [0.2, 0.25) is 0 Å². The minimum absolute atomic E-state index is 0.775. The summed E-state index contributed by atoms with van der Waals surface area (Å²) in [7, 11) is 0. The maximum absolute atomic E-state index is 4.33. The zero-order valence-electron chi connectivity index (χ0n) is 8.80. The van der Waals surface area contributed by atoms with Gasteiger partial charge in [-0.2, -0.15) is 0 Å². The van der Waals surface area contributed by atoms with Gasteiger partial charge in [-0.1, -0.05) is 4.49 Å². The van der Waals surface area contributed by atoms with Crippen molar-refractivity contribution in [3.63, 3.8) is 0 Å². The van der Waals surface area contributed by atoms with E-state index in [0.717, 1.165) is 29.6 Å². The fraction of sp³-hybridized carbons (Fsp3) is 0.833. The normalized spacial score (nSPS) is 47.3. The van der Waals surface area contributed by atoms with Gasteiger partial charge in [0.05, 0.1) is 5.69 Å². The lowest BCUT2D eigenvalue weighted by atomic mass is 9.51. The molecule has 1 heterocycles. The van der Waals surface area contributed by atoms with Crippen LogP contribution in [0.15, 0.2) is 5.38 Å². The summed E-state index contributed by atoms with van der Waals surface area (Å²) in [6, 6.07) is 0. The fourth-order valence-electron chi connectivity index (χ4n) is 4.73. The summed E-state index contributed by atoms with van der Waals surface area (Å²) in [5.74, 6) is 4.80. The van der Waals surface area contributed by atoms with Crippen LogP contribution in [0.4, 0.5) is 0 Å². The molecule has 4 aliphatic rings. The molecule has 1 aromatic heterocycles. The van der Waals surface area contributed by atoms with Crippen molar-refractivity contribution in [2.45, 2.75) is 38.0 Å². The van der Waals surface area contributed by atoms with Crippen molar-refractivity contribution < 1.29 is 0 Å². The quantitative estimate of drug-likeness (QED) is 0.727.